The first-order chi connectivity index (χ1) is 18.3. The number of rotatable bonds is 13. The van der Waals surface area contributed by atoms with Gasteiger partial charge in [0.05, 0.1) is 0 Å². The van der Waals surface area contributed by atoms with Crippen molar-refractivity contribution in [1.82, 2.24) is 10.6 Å². The minimum absolute atomic E-state index is 0.0997. The van der Waals surface area contributed by atoms with Gasteiger partial charge in [0.25, 0.3) is 5.91 Å². The highest BCUT2D eigenvalue weighted by Crippen LogP contribution is 2.31. The Morgan fingerprint density at radius 3 is 2.39 bits per heavy atom. The van der Waals surface area contributed by atoms with E-state index in [0.717, 1.165) is 47.9 Å². The highest BCUT2D eigenvalue weighted by Gasteiger charge is 2.26. The van der Waals surface area contributed by atoms with Gasteiger partial charge in [0, 0.05) is 18.0 Å². The molecule has 0 saturated heterocycles. The van der Waals surface area contributed by atoms with E-state index in [1.165, 1.54) is 19.3 Å². The molecule has 0 spiro atoms. The molecule has 1 aliphatic carbocycles. The Morgan fingerprint density at radius 1 is 1.00 bits per heavy atom. The summed E-state index contributed by atoms with van der Waals surface area (Å²) in [5.41, 5.74) is 4.38. The van der Waals surface area contributed by atoms with Gasteiger partial charge in [-0.2, -0.15) is 11.8 Å². The molecule has 6 nitrogen and oxygen atoms in total. The zero-order valence-corrected chi connectivity index (χ0v) is 23.7. The molecule has 1 unspecified atom stereocenters. The number of carbonyl (C=O) groups is 3. The zero-order valence-electron chi connectivity index (χ0n) is 22.9. The lowest BCUT2D eigenvalue weighted by Crippen LogP contribution is -2.41. The van der Waals surface area contributed by atoms with Gasteiger partial charge >= 0.3 is 5.97 Å². The van der Waals surface area contributed by atoms with Gasteiger partial charge in [0.2, 0.25) is 5.91 Å². The third-order valence-electron chi connectivity index (χ3n) is 7.61. The van der Waals surface area contributed by atoms with Crippen LogP contribution in [0, 0.1) is 12.8 Å². The third kappa shape index (κ3) is 8.35. The predicted molar refractivity (Wildman–Crippen MR) is 156 cm³/mol. The van der Waals surface area contributed by atoms with E-state index in [4.69, 9.17) is 0 Å². The molecule has 2 atom stereocenters. The zero-order chi connectivity index (χ0) is 27.5. The molecule has 0 heterocycles. The largest absolute Gasteiger partial charge is 0.480 e. The molecule has 0 bridgehead atoms. The van der Waals surface area contributed by atoms with Crippen LogP contribution < -0.4 is 10.6 Å². The van der Waals surface area contributed by atoms with E-state index in [-0.39, 0.29) is 17.9 Å². The monoisotopic (exact) mass is 538 g/mol. The van der Waals surface area contributed by atoms with Crippen LogP contribution in [-0.2, 0) is 16.0 Å². The molecular weight excluding hydrogens is 496 g/mol. The van der Waals surface area contributed by atoms with Gasteiger partial charge in [-0.3, -0.25) is 9.59 Å². The lowest BCUT2D eigenvalue weighted by atomic mass is 9.81. The number of nitrogens with one attached hydrogen (secondary N) is 2. The SMILES string of the molecule is CCC(=O)NC(CCc1ccc(C(=O)N[C@@H](CCSC)C(=O)O)c(-c2ccccc2C)c1)C1CCCCC1. The van der Waals surface area contributed by atoms with Crippen LogP contribution in [0.5, 0.6) is 0 Å². The molecular formula is C31H42N2O4S. The Labute approximate surface area is 231 Å². The number of hydrogen-bond donors (Lipinski definition) is 3. The van der Waals surface area contributed by atoms with Gasteiger partial charge in [-0.15, -0.1) is 0 Å². The normalized spacial score (nSPS) is 15.4. The topological polar surface area (TPSA) is 95.5 Å². The van der Waals surface area contributed by atoms with Crippen molar-refractivity contribution in [2.24, 2.45) is 5.92 Å². The second-order valence-electron chi connectivity index (χ2n) is 10.3. The molecule has 3 rings (SSSR count). The second kappa shape index (κ2) is 15.0. The molecule has 38 heavy (non-hydrogen) atoms. The minimum Gasteiger partial charge on any atom is -0.480 e. The Morgan fingerprint density at radius 2 is 1.74 bits per heavy atom. The van der Waals surface area contributed by atoms with Gasteiger partial charge in [-0.1, -0.05) is 62.6 Å². The fourth-order valence-corrected chi connectivity index (χ4v) is 5.84. The molecule has 2 aromatic carbocycles. The fourth-order valence-electron chi connectivity index (χ4n) is 5.37. The van der Waals surface area contributed by atoms with E-state index in [1.54, 1.807) is 11.8 Å². The highest BCUT2D eigenvalue weighted by atomic mass is 32.2. The number of benzene rings is 2. The van der Waals surface area contributed by atoms with Crippen molar-refractivity contribution in [3.05, 3.63) is 59.2 Å². The van der Waals surface area contributed by atoms with E-state index in [9.17, 15) is 19.5 Å². The van der Waals surface area contributed by atoms with Gasteiger partial charge < -0.3 is 15.7 Å². The maximum atomic E-state index is 13.3. The summed E-state index contributed by atoms with van der Waals surface area (Å²) in [4.78, 5) is 37.4. The first-order valence-electron chi connectivity index (χ1n) is 13.8. The van der Waals surface area contributed by atoms with E-state index in [0.29, 0.717) is 30.1 Å². The summed E-state index contributed by atoms with van der Waals surface area (Å²) in [6, 6.07) is 13.0. The van der Waals surface area contributed by atoms with Gasteiger partial charge in [0.1, 0.15) is 6.04 Å². The van der Waals surface area contributed by atoms with E-state index in [2.05, 4.69) is 16.7 Å². The van der Waals surface area contributed by atoms with Crippen LogP contribution in [0.4, 0.5) is 0 Å². The van der Waals surface area contributed by atoms with Gasteiger partial charge in [-0.05, 0) is 85.3 Å². The Balaban J connectivity index is 1.87. The maximum Gasteiger partial charge on any atom is 0.326 e. The van der Waals surface area contributed by atoms with E-state index < -0.39 is 12.0 Å². The molecule has 0 aliphatic heterocycles. The first-order valence-corrected chi connectivity index (χ1v) is 15.2. The smallest absolute Gasteiger partial charge is 0.326 e. The first kappa shape index (κ1) is 29.8. The van der Waals surface area contributed by atoms with Gasteiger partial charge in [-0.25, -0.2) is 4.79 Å². The van der Waals surface area contributed by atoms with Crippen molar-refractivity contribution >= 4 is 29.5 Å². The van der Waals surface area contributed by atoms with Crippen molar-refractivity contribution < 1.29 is 19.5 Å². The predicted octanol–water partition coefficient (Wildman–Crippen LogP) is 6.01. The van der Waals surface area contributed by atoms with Crippen molar-refractivity contribution in [2.45, 2.75) is 83.7 Å². The molecule has 2 aromatic rings. The minimum atomic E-state index is -1.02. The maximum absolute atomic E-state index is 13.3. The molecule has 1 fully saturated rings. The average Bonchev–Trinajstić information content (AvgIpc) is 2.93. The fraction of sp³-hybridized carbons (Fsp3) is 0.516. The van der Waals surface area contributed by atoms with Crippen LogP contribution in [0.15, 0.2) is 42.5 Å². The summed E-state index contributed by atoms with van der Waals surface area (Å²) in [7, 11) is 0. The lowest BCUT2D eigenvalue weighted by molar-refractivity contribution is -0.139. The van der Waals surface area contributed by atoms with Gasteiger partial charge in [0.15, 0.2) is 0 Å². The molecule has 7 heteroatoms. The summed E-state index contributed by atoms with van der Waals surface area (Å²) in [5.74, 6) is -0.141. The number of hydrogen-bond acceptors (Lipinski definition) is 4. The average molecular weight is 539 g/mol. The molecule has 3 N–H and O–H groups in total. The number of aliphatic carboxylic acids is 1. The molecule has 0 aromatic heterocycles. The summed E-state index contributed by atoms with van der Waals surface area (Å²) in [6.07, 6.45) is 10.4. The highest BCUT2D eigenvalue weighted by molar-refractivity contribution is 7.98. The quantitative estimate of drug-likeness (QED) is 0.290. The number of thioether (sulfide) groups is 1. The number of carboxylic acids is 1. The standard InChI is InChI=1S/C31H42N2O4S/c1-4-29(34)32-27(23-11-6-5-7-12-23)17-15-22-14-16-25(26(20-22)24-13-9-8-10-21(24)2)30(35)33-28(31(36)37)18-19-38-3/h8-10,13-14,16,20,23,27-28H,4-7,11-12,15,17-19H2,1-3H3,(H,32,34)(H,33,35)(H,36,37)/t27?,28-/m0/s1. The summed E-state index contributed by atoms with van der Waals surface area (Å²) in [6.45, 7) is 3.91. The molecule has 1 saturated carbocycles. The van der Waals surface area contributed by atoms with Crippen LogP contribution in [0.1, 0.15) is 79.8 Å². The number of carbonyl (C=O) groups excluding carboxylic acids is 2. The lowest BCUT2D eigenvalue weighted by Gasteiger charge is -2.31. The third-order valence-corrected chi connectivity index (χ3v) is 8.25. The second-order valence-corrected chi connectivity index (χ2v) is 11.3. The van der Waals surface area contributed by atoms with Crippen LogP contribution in [0.25, 0.3) is 11.1 Å². The van der Waals surface area contributed by atoms with E-state index >= 15 is 0 Å². The summed E-state index contributed by atoms with van der Waals surface area (Å²) in [5, 5.41) is 15.6. The summed E-state index contributed by atoms with van der Waals surface area (Å²) < 4.78 is 0. The van der Waals surface area contributed by atoms with Crippen molar-refractivity contribution in [1.29, 1.82) is 0 Å². The summed E-state index contributed by atoms with van der Waals surface area (Å²) >= 11 is 1.56. The van der Waals surface area contributed by atoms with Crippen LogP contribution >= 0.6 is 11.8 Å². The molecule has 1 aliphatic rings. The Hall–Kier alpha value is -2.80. The van der Waals surface area contributed by atoms with Crippen LogP contribution in [0.3, 0.4) is 0 Å². The van der Waals surface area contributed by atoms with Crippen molar-refractivity contribution in [3.8, 4) is 11.1 Å². The Kier molecular flexibility index (Phi) is 11.7. The molecule has 206 valence electrons. The molecule has 2 amide bonds. The molecule has 0 radical (unpaired) electrons. The van der Waals surface area contributed by atoms with E-state index in [1.807, 2.05) is 56.5 Å². The number of carboxylic acid groups (broad SMARTS) is 1. The number of amides is 2. The van der Waals surface area contributed by atoms with Crippen LogP contribution in [-0.4, -0.2) is 47.0 Å². The Bertz CT molecular complexity index is 1100. The van der Waals surface area contributed by atoms with Crippen molar-refractivity contribution in [2.75, 3.05) is 12.0 Å². The van der Waals surface area contributed by atoms with Crippen molar-refractivity contribution in [3.63, 3.8) is 0 Å². The van der Waals surface area contributed by atoms with Crippen LogP contribution in [0.2, 0.25) is 0 Å². The number of aryl methyl sites for hydroxylation is 2.